The van der Waals surface area contributed by atoms with Gasteiger partial charge in [0.15, 0.2) is 0 Å². The molecule has 0 bridgehead atoms. The van der Waals surface area contributed by atoms with Crippen molar-refractivity contribution in [3.8, 4) is 16.9 Å². The topological polar surface area (TPSA) is 83.8 Å². The van der Waals surface area contributed by atoms with Crippen LogP contribution in [0.15, 0.2) is 132 Å². The second-order valence-corrected chi connectivity index (χ2v) is 12.1. The molecule has 5 aromatic rings. The van der Waals surface area contributed by atoms with E-state index in [0.717, 1.165) is 22.3 Å². The van der Waals surface area contributed by atoms with E-state index >= 15 is 0 Å². The van der Waals surface area contributed by atoms with E-state index in [1.807, 2.05) is 78.9 Å². The summed E-state index contributed by atoms with van der Waals surface area (Å²) in [5.74, 6) is 0.442. The van der Waals surface area contributed by atoms with Crippen LogP contribution in [0.4, 0.5) is 5.69 Å². The van der Waals surface area contributed by atoms with Gasteiger partial charge in [-0.05, 0) is 59.9 Å². The van der Waals surface area contributed by atoms with Gasteiger partial charge in [0.2, 0.25) is 5.91 Å². The maximum Gasteiger partial charge on any atom is 0.251 e. The molecule has 6 rings (SSSR count). The SMILES string of the molecule is CN1C(=O)[C@@H](NC(c2ccccc2)(c2ccccc2)c2ccccc2)COc2ccc(-c3ccn(CC(C)(C)O)c(=O)c3)cc21. The van der Waals surface area contributed by atoms with Crippen molar-refractivity contribution >= 4 is 11.6 Å². The number of nitrogens with one attached hydrogen (secondary N) is 1. The molecule has 1 aliphatic rings. The van der Waals surface area contributed by atoms with Crippen LogP contribution in [0.25, 0.3) is 11.1 Å². The third-order valence-electron chi connectivity index (χ3n) is 8.25. The number of ether oxygens (including phenoxy) is 1. The van der Waals surface area contributed by atoms with Gasteiger partial charge in [0.25, 0.3) is 5.56 Å². The number of carbonyl (C=O) groups excluding carboxylic acids is 1. The highest BCUT2D eigenvalue weighted by molar-refractivity contribution is 5.99. The molecule has 1 aromatic heterocycles. The highest BCUT2D eigenvalue weighted by Gasteiger charge is 2.42. The zero-order chi connectivity index (χ0) is 31.6. The zero-order valence-electron chi connectivity index (χ0n) is 25.7. The summed E-state index contributed by atoms with van der Waals surface area (Å²) < 4.78 is 7.81. The van der Waals surface area contributed by atoms with Crippen LogP contribution in [-0.2, 0) is 16.9 Å². The van der Waals surface area contributed by atoms with E-state index < -0.39 is 17.2 Å². The first-order valence-electron chi connectivity index (χ1n) is 15.1. The van der Waals surface area contributed by atoms with Gasteiger partial charge < -0.3 is 19.3 Å². The third-order valence-corrected chi connectivity index (χ3v) is 8.25. The lowest BCUT2D eigenvalue weighted by Gasteiger charge is -2.39. The Morgan fingerprint density at radius 1 is 0.778 bits per heavy atom. The Balaban J connectivity index is 1.37. The predicted octanol–water partition coefficient (Wildman–Crippen LogP) is 5.59. The van der Waals surface area contributed by atoms with Crippen molar-refractivity contribution in [1.29, 1.82) is 0 Å². The van der Waals surface area contributed by atoms with E-state index in [1.54, 1.807) is 38.1 Å². The maximum atomic E-state index is 14.3. The summed E-state index contributed by atoms with van der Waals surface area (Å²) in [5.41, 5.74) is 3.04. The van der Waals surface area contributed by atoms with Crippen molar-refractivity contribution in [2.45, 2.75) is 37.6 Å². The van der Waals surface area contributed by atoms with Crippen LogP contribution in [0.3, 0.4) is 0 Å². The number of anilines is 1. The molecule has 2 heterocycles. The number of aromatic nitrogens is 1. The van der Waals surface area contributed by atoms with Gasteiger partial charge in [0.1, 0.15) is 18.4 Å². The number of rotatable bonds is 8. The highest BCUT2D eigenvalue weighted by atomic mass is 16.5. The Hall–Kier alpha value is -4.98. The molecule has 45 heavy (non-hydrogen) atoms. The molecule has 1 atom stereocenters. The van der Waals surface area contributed by atoms with Crippen LogP contribution in [0.2, 0.25) is 0 Å². The summed E-state index contributed by atoms with van der Waals surface area (Å²) in [6.07, 6.45) is 1.68. The van der Waals surface area contributed by atoms with Gasteiger partial charge >= 0.3 is 0 Å². The van der Waals surface area contributed by atoms with Crippen molar-refractivity contribution < 1.29 is 14.6 Å². The summed E-state index contributed by atoms with van der Waals surface area (Å²) in [7, 11) is 1.75. The van der Waals surface area contributed by atoms with E-state index in [2.05, 4.69) is 41.7 Å². The van der Waals surface area contributed by atoms with E-state index in [4.69, 9.17) is 4.74 Å². The first-order valence-corrected chi connectivity index (χ1v) is 15.1. The third kappa shape index (κ3) is 6.05. The Bertz CT molecular complexity index is 1750. The fourth-order valence-corrected chi connectivity index (χ4v) is 6.09. The number of likely N-dealkylation sites (N-methyl/N-ethyl adjacent to an activating group) is 1. The molecule has 7 nitrogen and oxygen atoms in total. The van der Waals surface area contributed by atoms with Crippen LogP contribution >= 0.6 is 0 Å². The molecule has 0 spiro atoms. The number of benzene rings is 4. The summed E-state index contributed by atoms with van der Waals surface area (Å²) in [6, 6.07) is 38.8. The first-order chi connectivity index (χ1) is 21.7. The number of carbonyl (C=O) groups is 1. The van der Waals surface area contributed by atoms with Crippen LogP contribution in [0.1, 0.15) is 30.5 Å². The molecule has 4 aromatic carbocycles. The molecule has 0 unspecified atom stereocenters. The average Bonchev–Trinajstić information content (AvgIpc) is 3.17. The second-order valence-electron chi connectivity index (χ2n) is 12.1. The quantitative estimate of drug-likeness (QED) is 0.227. The number of amides is 1. The molecule has 0 saturated carbocycles. The van der Waals surface area contributed by atoms with Crippen molar-refractivity contribution in [3.05, 3.63) is 155 Å². The minimum absolute atomic E-state index is 0.122. The minimum atomic E-state index is -1.01. The van der Waals surface area contributed by atoms with Crippen molar-refractivity contribution in [2.75, 3.05) is 18.6 Å². The maximum absolute atomic E-state index is 14.3. The van der Waals surface area contributed by atoms with Crippen molar-refractivity contribution in [3.63, 3.8) is 0 Å². The number of pyridine rings is 1. The predicted molar refractivity (Wildman–Crippen MR) is 177 cm³/mol. The van der Waals surface area contributed by atoms with Crippen molar-refractivity contribution in [1.82, 2.24) is 9.88 Å². The number of fused-ring (bicyclic) bond motifs is 1. The largest absolute Gasteiger partial charge is 0.489 e. The Labute approximate surface area is 263 Å². The van der Waals surface area contributed by atoms with Gasteiger partial charge in [-0.2, -0.15) is 0 Å². The molecule has 0 fully saturated rings. The monoisotopic (exact) mass is 599 g/mol. The van der Waals surface area contributed by atoms with Crippen LogP contribution in [0, 0.1) is 0 Å². The van der Waals surface area contributed by atoms with Gasteiger partial charge in [-0.3, -0.25) is 14.9 Å². The van der Waals surface area contributed by atoms with Crippen LogP contribution < -0.4 is 20.5 Å². The highest BCUT2D eigenvalue weighted by Crippen LogP contribution is 2.39. The molecule has 0 radical (unpaired) electrons. The van der Waals surface area contributed by atoms with E-state index in [1.165, 1.54) is 4.57 Å². The van der Waals surface area contributed by atoms with Crippen LogP contribution in [0.5, 0.6) is 5.75 Å². The Kier molecular flexibility index (Phi) is 8.14. The number of aliphatic hydroxyl groups is 1. The molecule has 2 N–H and O–H groups in total. The van der Waals surface area contributed by atoms with Gasteiger partial charge in [-0.15, -0.1) is 0 Å². The molecular formula is C38H37N3O4. The number of hydrogen-bond acceptors (Lipinski definition) is 5. The molecule has 228 valence electrons. The standard InChI is InChI=1S/C38H37N3O4/c1-37(2,44)26-41-22-21-28(24-35(41)42)27-19-20-34-33(23-27)40(3)36(43)32(25-45-34)39-38(29-13-7-4-8-14-29,30-15-9-5-10-16-30)31-17-11-6-12-18-31/h4-24,32,39,44H,25-26H2,1-3H3/t32-/m0/s1. The van der Waals surface area contributed by atoms with Gasteiger partial charge in [0.05, 0.1) is 23.4 Å². The number of nitrogens with zero attached hydrogens (tertiary/aromatic N) is 2. The summed E-state index contributed by atoms with van der Waals surface area (Å²) in [4.78, 5) is 28.7. The van der Waals surface area contributed by atoms with E-state index in [0.29, 0.717) is 17.0 Å². The van der Waals surface area contributed by atoms with Gasteiger partial charge in [-0.25, -0.2) is 0 Å². The van der Waals surface area contributed by atoms with E-state index in [-0.39, 0.29) is 24.6 Å². The molecular weight excluding hydrogens is 562 g/mol. The van der Waals surface area contributed by atoms with E-state index in [9.17, 15) is 14.7 Å². The summed E-state index contributed by atoms with van der Waals surface area (Å²) in [6.45, 7) is 3.64. The molecule has 0 saturated heterocycles. The Morgan fingerprint density at radius 2 is 1.31 bits per heavy atom. The zero-order valence-corrected chi connectivity index (χ0v) is 25.7. The second kappa shape index (κ2) is 12.2. The van der Waals surface area contributed by atoms with Gasteiger partial charge in [0, 0.05) is 19.3 Å². The van der Waals surface area contributed by atoms with Crippen molar-refractivity contribution in [2.24, 2.45) is 0 Å². The molecule has 7 heteroatoms. The minimum Gasteiger partial charge on any atom is -0.489 e. The lowest BCUT2D eigenvalue weighted by atomic mass is 9.76. The molecule has 0 aliphatic carbocycles. The fourth-order valence-electron chi connectivity index (χ4n) is 6.09. The lowest BCUT2D eigenvalue weighted by Crippen LogP contribution is -2.56. The molecule has 1 aliphatic heterocycles. The number of hydrogen-bond donors (Lipinski definition) is 2. The first kappa shape index (κ1) is 30.1. The smallest absolute Gasteiger partial charge is 0.251 e. The average molecular weight is 600 g/mol. The molecule has 1 amide bonds. The summed E-state index contributed by atoms with van der Waals surface area (Å²) in [5, 5.41) is 13.9. The lowest BCUT2D eigenvalue weighted by molar-refractivity contribution is -0.121. The van der Waals surface area contributed by atoms with Gasteiger partial charge in [-0.1, -0.05) is 97.1 Å². The fraction of sp³-hybridized carbons (Fsp3) is 0.211. The van der Waals surface area contributed by atoms with Crippen LogP contribution in [-0.4, -0.2) is 40.9 Å². The Morgan fingerprint density at radius 3 is 1.82 bits per heavy atom. The summed E-state index contributed by atoms with van der Waals surface area (Å²) >= 11 is 0. The normalized spacial score (nSPS) is 15.2.